The van der Waals surface area contributed by atoms with Crippen molar-refractivity contribution in [3.8, 4) is 17.6 Å². The maximum absolute atomic E-state index is 13.4. The van der Waals surface area contributed by atoms with Gasteiger partial charge in [0.2, 0.25) is 0 Å². The first-order valence-electron chi connectivity index (χ1n) is 9.70. The van der Waals surface area contributed by atoms with Gasteiger partial charge < -0.3 is 5.11 Å². The Labute approximate surface area is 184 Å². The molecule has 4 N–H and O–H groups in total. The number of allylic oxidation sites excluding steroid dienone is 6. The molecule has 0 saturated heterocycles. The molecule has 0 fully saturated rings. The number of nitrogens with one attached hydrogen (secondary N) is 3. The highest BCUT2D eigenvalue weighted by Gasteiger charge is 2.33. The molecule has 0 saturated carbocycles. The van der Waals surface area contributed by atoms with Crippen molar-refractivity contribution in [1.29, 1.82) is 0 Å². The molecule has 0 aliphatic carbocycles. The van der Waals surface area contributed by atoms with Gasteiger partial charge in [0.15, 0.2) is 5.84 Å². The molecule has 32 heavy (non-hydrogen) atoms. The first-order valence-corrected chi connectivity index (χ1v) is 9.70. The molecule has 0 radical (unpaired) electrons. The van der Waals surface area contributed by atoms with Crippen LogP contribution in [0.2, 0.25) is 0 Å². The van der Waals surface area contributed by atoms with Crippen LogP contribution < -0.4 is 16.5 Å². The largest absolute Gasteiger partial charge is 0.508 e. The quantitative estimate of drug-likeness (QED) is 0.415. The van der Waals surface area contributed by atoms with Crippen molar-refractivity contribution < 1.29 is 18.3 Å². The van der Waals surface area contributed by atoms with Crippen LogP contribution in [0.4, 0.5) is 13.2 Å². The van der Waals surface area contributed by atoms with Gasteiger partial charge in [-0.25, -0.2) is 5.53 Å². The molecule has 0 spiro atoms. The number of phenols is 1. The second-order valence-electron chi connectivity index (χ2n) is 6.71. The third-order valence-electron chi connectivity index (χ3n) is 4.46. The van der Waals surface area contributed by atoms with E-state index >= 15 is 0 Å². The number of hydrazone groups is 1. The maximum atomic E-state index is 13.4. The fourth-order valence-corrected chi connectivity index (χ4v) is 3.00. The Balaban J connectivity index is 2.16. The number of rotatable bonds is 4. The average molecular weight is 438 g/mol. The molecule has 2 aromatic carbocycles. The van der Waals surface area contributed by atoms with E-state index in [-0.39, 0.29) is 5.56 Å². The molecule has 0 atom stereocenters. The average Bonchev–Trinajstić information content (AvgIpc) is 3.30. The van der Waals surface area contributed by atoms with Crippen LogP contribution in [0.25, 0.3) is 5.57 Å². The van der Waals surface area contributed by atoms with E-state index in [1.807, 2.05) is 50.3 Å². The van der Waals surface area contributed by atoms with Crippen molar-refractivity contribution >= 4 is 11.4 Å². The predicted molar refractivity (Wildman–Crippen MR) is 119 cm³/mol. The van der Waals surface area contributed by atoms with E-state index in [0.717, 1.165) is 22.8 Å². The summed E-state index contributed by atoms with van der Waals surface area (Å²) in [5.41, 5.74) is 9.81. The van der Waals surface area contributed by atoms with Crippen LogP contribution in [-0.4, -0.2) is 10.9 Å². The number of hydrogen-bond acceptors (Lipinski definition) is 5. The summed E-state index contributed by atoms with van der Waals surface area (Å²) >= 11 is 0. The summed E-state index contributed by atoms with van der Waals surface area (Å²) < 4.78 is 40.2. The number of phenolic OH excluding ortho intramolecular Hbond substituents is 1. The second kappa shape index (κ2) is 9.90. The Bertz CT molecular complexity index is 1180. The van der Waals surface area contributed by atoms with Gasteiger partial charge >= 0.3 is 6.18 Å². The Hall–Kier alpha value is -3.96. The molecular formula is C24H21F3N4O. The molecule has 0 unspecified atom stereocenters. The van der Waals surface area contributed by atoms with Gasteiger partial charge in [-0.15, -0.1) is 10.6 Å². The van der Waals surface area contributed by atoms with Crippen molar-refractivity contribution in [2.75, 3.05) is 0 Å². The molecule has 0 bridgehead atoms. The molecule has 8 heteroatoms. The molecule has 2 aromatic rings. The molecule has 1 aliphatic rings. The molecule has 1 aliphatic heterocycles. The van der Waals surface area contributed by atoms with Crippen LogP contribution in [0.15, 0.2) is 71.9 Å². The molecule has 5 nitrogen and oxygen atoms in total. The highest BCUT2D eigenvalue weighted by atomic mass is 19.4. The number of hydrazine groups is 2. The number of aromatic hydroxyl groups is 1. The van der Waals surface area contributed by atoms with Crippen LogP contribution >= 0.6 is 0 Å². The van der Waals surface area contributed by atoms with Crippen molar-refractivity contribution in [2.24, 2.45) is 5.10 Å². The fourth-order valence-electron chi connectivity index (χ4n) is 3.00. The SMILES string of the molecule is C\C=C/C=C(\C=C/C)c1cc(C2=NNNN2)ccc1C#Cc1ccc(O)cc1C(F)(F)F. The van der Waals surface area contributed by atoms with Crippen molar-refractivity contribution in [3.05, 3.63) is 94.6 Å². The zero-order chi connectivity index (χ0) is 23.1. The number of benzene rings is 2. The van der Waals surface area contributed by atoms with E-state index in [9.17, 15) is 18.3 Å². The Morgan fingerprint density at radius 3 is 2.44 bits per heavy atom. The lowest BCUT2D eigenvalue weighted by Gasteiger charge is -2.11. The molecule has 0 amide bonds. The number of amidine groups is 1. The van der Waals surface area contributed by atoms with Gasteiger partial charge in [0.05, 0.1) is 5.56 Å². The number of alkyl halides is 3. The summed E-state index contributed by atoms with van der Waals surface area (Å²) in [7, 11) is 0. The van der Waals surface area contributed by atoms with Gasteiger partial charge in [-0.3, -0.25) is 5.43 Å². The van der Waals surface area contributed by atoms with E-state index in [4.69, 9.17) is 0 Å². The van der Waals surface area contributed by atoms with Crippen molar-refractivity contribution in [1.82, 2.24) is 16.5 Å². The summed E-state index contributed by atoms with van der Waals surface area (Å²) in [5.74, 6) is 5.59. The van der Waals surface area contributed by atoms with Gasteiger partial charge in [0, 0.05) is 16.7 Å². The highest BCUT2D eigenvalue weighted by Crippen LogP contribution is 2.34. The fraction of sp³-hybridized carbons (Fsp3) is 0.125. The Kier molecular flexibility index (Phi) is 7.03. The standard InChI is InChI=1S/C24H21F3N4O/c1-3-5-7-16(6-4-2)21-14-19(23-28-30-31-29-23)11-9-17(21)8-10-18-12-13-20(32)15-22(18)24(25,26)27/h3-7,9,11-15,30-32H,1-2H3,(H,28,29)/b5-3-,6-4-,16-7+. The van der Waals surface area contributed by atoms with Crippen molar-refractivity contribution in [2.45, 2.75) is 20.0 Å². The predicted octanol–water partition coefficient (Wildman–Crippen LogP) is 4.62. The van der Waals surface area contributed by atoms with Crippen LogP contribution in [0, 0.1) is 11.8 Å². The van der Waals surface area contributed by atoms with Gasteiger partial charge in [-0.1, -0.05) is 42.2 Å². The summed E-state index contributed by atoms with van der Waals surface area (Å²) in [6.45, 7) is 3.76. The van der Waals surface area contributed by atoms with Gasteiger partial charge in [0.1, 0.15) is 5.75 Å². The summed E-state index contributed by atoms with van der Waals surface area (Å²) in [5, 5.41) is 13.6. The molecule has 0 aromatic heterocycles. The van der Waals surface area contributed by atoms with Crippen LogP contribution in [0.5, 0.6) is 5.75 Å². The monoisotopic (exact) mass is 438 g/mol. The number of halogens is 3. The minimum Gasteiger partial charge on any atom is -0.508 e. The number of hydrogen-bond donors (Lipinski definition) is 4. The maximum Gasteiger partial charge on any atom is 0.417 e. The van der Waals surface area contributed by atoms with Gasteiger partial charge in [-0.2, -0.15) is 13.2 Å². The highest BCUT2D eigenvalue weighted by molar-refractivity contribution is 6.00. The minimum atomic E-state index is -4.64. The topological polar surface area (TPSA) is 68.7 Å². The smallest absolute Gasteiger partial charge is 0.417 e. The normalized spacial score (nSPS) is 14.2. The lowest BCUT2D eigenvalue weighted by Crippen LogP contribution is -2.35. The van der Waals surface area contributed by atoms with Crippen LogP contribution in [0.1, 0.15) is 41.7 Å². The third kappa shape index (κ3) is 5.39. The molecule has 3 rings (SSSR count). The molecule has 164 valence electrons. The van der Waals surface area contributed by atoms with E-state index in [2.05, 4.69) is 33.4 Å². The van der Waals surface area contributed by atoms with Crippen molar-refractivity contribution in [3.63, 3.8) is 0 Å². The van der Waals surface area contributed by atoms with E-state index < -0.39 is 17.5 Å². The minimum absolute atomic E-state index is 0.217. The summed E-state index contributed by atoms with van der Waals surface area (Å²) in [6.07, 6.45) is 4.77. The van der Waals surface area contributed by atoms with Crippen LogP contribution in [0.3, 0.4) is 0 Å². The zero-order valence-electron chi connectivity index (χ0n) is 17.4. The summed E-state index contributed by atoms with van der Waals surface area (Å²) in [4.78, 5) is 0. The van der Waals surface area contributed by atoms with E-state index in [1.165, 1.54) is 6.07 Å². The van der Waals surface area contributed by atoms with Gasteiger partial charge in [0.25, 0.3) is 0 Å². The molecular weight excluding hydrogens is 417 g/mol. The second-order valence-corrected chi connectivity index (χ2v) is 6.71. The molecule has 1 heterocycles. The van der Waals surface area contributed by atoms with Crippen LogP contribution in [-0.2, 0) is 6.18 Å². The first kappa shape index (κ1) is 22.7. The number of nitrogens with zero attached hydrogens (tertiary/aromatic N) is 1. The zero-order valence-corrected chi connectivity index (χ0v) is 17.4. The van der Waals surface area contributed by atoms with Gasteiger partial charge in [-0.05, 0) is 61.4 Å². The lowest BCUT2D eigenvalue weighted by atomic mass is 9.95. The first-order chi connectivity index (χ1) is 15.3. The van der Waals surface area contributed by atoms with E-state index in [0.29, 0.717) is 17.5 Å². The van der Waals surface area contributed by atoms with E-state index in [1.54, 1.807) is 12.1 Å². The Morgan fingerprint density at radius 1 is 1.03 bits per heavy atom. The Morgan fingerprint density at radius 2 is 1.78 bits per heavy atom. The third-order valence-corrected chi connectivity index (χ3v) is 4.46. The lowest BCUT2D eigenvalue weighted by molar-refractivity contribution is -0.137. The summed E-state index contributed by atoms with van der Waals surface area (Å²) in [6, 6.07) is 8.40.